The van der Waals surface area contributed by atoms with Crippen LogP contribution < -0.4 is 5.73 Å². The molecule has 1 saturated heterocycles. The lowest BCUT2D eigenvalue weighted by molar-refractivity contribution is 0.0762. The molecule has 0 radical (unpaired) electrons. The fraction of sp³-hybridized carbons (Fsp3) is 0.462. The number of aliphatic hydroxyl groups is 1. The number of hydrogen-bond donors (Lipinski definition) is 2. The zero-order chi connectivity index (χ0) is 13.3. The molecule has 1 aliphatic heterocycles. The van der Waals surface area contributed by atoms with E-state index in [0.717, 1.165) is 10.9 Å². The molecule has 0 saturated carbocycles. The third-order valence-corrected chi connectivity index (χ3v) is 4.16. The van der Waals surface area contributed by atoms with Gasteiger partial charge in [0.05, 0.1) is 6.10 Å². The molecule has 1 fully saturated rings. The molecule has 2 unspecified atom stereocenters. The highest BCUT2D eigenvalue weighted by Crippen LogP contribution is 2.24. The number of rotatable bonds is 2. The van der Waals surface area contributed by atoms with Gasteiger partial charge in [0.1, 0.15) is 0 Å². The molecule has 2 rings (SSSR count). The summed E-state index contributed by atoms with van der Waals surface area (Å²) in [5, 5.41) is 9.54. The highest BCUT2D eigenvalue weighted by molar-refractivity contribution is 9.10. The van der Waals surface area contributed by atoms with Crippen LogP contribution in [0.3, 0.4) is 0 Å². The molecule has 1 heterocycles. The van der Waals surface area contributed by atoms with E-state index in [4.69, 9.17) is 5.73 Å². The van der Waals surface area contributed by atoms with Gasteiger partial charge in [0.2, 0.25) is 0 Å². The average molecular weight is 313 g/mol. The number of likely N-dealkylation sites (tertiary alicyclic amines) is 1. The van der Waals surface area contributed by atoms with Gasteiger partial charge >= 0.3 is 0 Å². The summed E-state index contributed by atoms with van der Waals surface area (Å²) >= 11 is 3.31. The predicted octanol–water partition coefficient (Wildman–Crippen LogP) is 1.87. The number of benzene rings is 1. The van der Waals surface area contributed by atoms with Crippen molar-refractivity contribution in [2.24, 2.45) is 5.92 Å². The molecule has 18 heavy (non-hydrogen) atoms. The molecule has 1 aromatic rings. The summed E-state index contributed by atoms with van der Waals surface area (Å²) in [5.41, 5.74) is 6.94. The Hall–Kier alpha value is -1.07. The quantitative estimate of drug-likeness (QED) is 0.819. The molecule has 4 nitrogen and oxygen atoms in total. The summed E-state index contributed by atoms with van der Waals surface area (Å²) in [5.74, 6) is 0.166. The van der Waals surface area contributed by atoms with E-state index >= 15 is 0 Å². The first-order valence-electron chi connectivity index (χ1n) is 6.01. The normalized spacial score (nSPS) is 21.1. The molecule has 0 bridgehead atoms. The largest absolute Gasteiger partial charge is 0.398 e. The molecule has 0 spiro atoms. The topological polar surface area (TPSA) is 66.6 Å². The second-order valence-electron chi connectivity index (χ2n) is 4.78. The summed E-state index contributed by atoms with van der Waals surface area (Å²) < 4.78 is 0.794. The first-order chi connectivity index (χ1) is 8.49. The lowest BCUT2D eigenvalue weighted by atomic mass is 10.0. The van der Waals surface area contributed by atoms with Crippen LogP contribution >= 0.6 is 15.9 Å². The summed E-state index contributed by atoms with van der Waals surface area (Å²) in [6.07, 6.45) is 0.493. The molecule has 3 N–H and O–H groups in total. The van der Waals surface area contributed by atoms with Crippen molar-refractivity contribution in [2.75, 3.05) is 18.8 Å². The Bertz CT molecular complexity index is 462. The van der Waals surface area contributed by atoms with E-state index in [0.29, 0.717) is 24.3 Å². The second-order valence-corrected chi connectivity index (χ2v) is 5.63. The van der Waals surface area contributed by atoms with E-state index in [-0.39, 0.29) is 17.9 Å². The first-order valence-corrected chi connectivity index (χ1v) is 6.80. The number of nitrogen functional groups attached to an aromatic ring is 1. The van der Waals surface area contributed by atoms with Gasteiger partial charge in [-0.2, -0.15) is 0 Å². The zero-order valence-corrected chi connectivity index (χ0v) is 11.9. The minimum absolute atomic E-state index is 0.0163. The zero-order valence-electron chi connectivity index (χ0n) is 10.3. The molecule has 2 atom stereocenters. The number of amides is 1. The van der Waals surface area contributed by atoms with Gasteiger partial charge in [0.15, 0.2) is 0 Å². The van der Waals surface area contributed by atoms with Crippen LogP contribution in [0.1, 0.15) is 23.7 Å². The van der Waals surface area contributed by atoms with Crippen molar-refractivity contribution in [3.8, 4) is 0 Å². The number of carbonyl (C=O) groups is 1. The summed E-state index contributed by atoms with van der Waals surface area (Å²) in [6, 6.07) is 5.23. The van der Waals surface area contributed by atoms with Crippen LogP contribution in [-0.2, 0) is 0 Å². The van der Waals surface area contributed by atoms with E-state index in [1.54, 1.807) is 30.0 Å². The van der Waals surface area contributed by atoms with Crippen molar-refractivity contribution < 1.29 is 9.90 Å². The highest BCUT2D eigenvalue weighted by atomic mass is 79.9. The second kappa shape index (κ2) is 5.28. The van der Waals surface area contributed by atoms with Gasteiger partial charge in [-0.25, -0.2) is 0 Å². The van der Waals surface area contributed by atoms with Crippen molar-refractivity contribution in [1.82, 2.24) is 4.90 Å². The monoisotopic (exact) mass is 312 g/mol. The molecule has 1 aliphatic rings. The number of carbonyl (C=O) groups excluding carboxylic acids is 1. The van der Waals surface area contributed by atoms with E-state index in [2.05, 4.69) is 15.9 Å². The van der Waals surface area contributed by atoms with Crippen LogP contribution in [0.15, 0.2) is 22.7 Å². The molecular formula is C13H17BrN2O2. The van der Waals surface area contributed by atoms with E-state index < -0.39 is 0 Å². The number of nitrogens with zero attached hydrogens (tertiary/aromatic N) is 1. The molecular weight excluding hydrogens is 296 g/mol. The maximum Gasteiger partial charge on any atom is 0.253 e. The van der Waals surface area contributed by atoms with Crippen LogP contribution in [0.2, 0.25) is 0 Å². The molecule has 5 heteroatoms. The molecule has 1 aromatic carbocycles. The molecule has 0 aliphatic carbocycles. The Morgan fingerprint density at radius 2 is 2.33 bits per heavy atom. The molecule has 0 aromatic heterocycles. The van der Waals surface area contributed by atoms with Gasteiger partial charge in [0.25, 0.3) is 5.91 Å². The Balaban J connectivity index is 2.10. The van der Waals surface area contributed by atoms with Crippen molar-refractivity contribution in [3.05, 3.63) is 28.2 Å². The minimum atomic E-state index is -0.363. The minimum Gasteiger partial charge on any atom is -0.398 e. The number of halogens is 1. The third kappa shape index (κ3) is 2.67. The van der Waals surface area contributed by atoms with E-state index in [9.17, 15) is 9.90 Å². The number of aliphatic hydroxyl groups excluding tert-OH is 1. The average Bonchev–Trinajstić information content (AvgIpc) is 2.81. The van der Waals surface area contributed by atoms with Crippen LogP contribution in [0.5, 0.6) is 0 Å². The van der Waals surface area contributed by atoms with Crippen LogP contribution in [0, 0.1) is 5.92 Å². The summed E-state index contributed by atoms with van der Waals surface area (Å²) in [6.45, 7) is 3.09. The van der Waals surface area contributed by atoms with Gasteiger partial charge in [0, 0.05) is 34.7 Å². The maximum atomic E-state index is 12.3. The highest BCUT2D eigenvalue weighted by Gasteiger charge is 2.29. The molecule has 98 valence electrons. The predicted molar refractivity (Wildman–Crippen MR) is 74.2 cm³/mol. The standard InChI is InChI=1S/C13H17BrN2O2/c1-8(17)10-4-5-16(7-10)13(18)9-2-3-11(14)12(15)6-9/h2-3,6,8,10,17H,4-5,7,15H2,1H3. The Kier molecular flexibility index (Phi) is 3.92. The maximum absolute atomic E-state index is 12.3. The fourth-order valence-electron chi connectivity index (χ4n) is 2.22. The van der Waals surface area contributed by atoms with Crippen molar-refractivity contribution in [1.29, 1.82) is 0 Å². The first kappa shape index (κ1) is 13.4. The number of anilines is 1. The van der Waals surface area contributed by atoms with Crippen LogP contribution in [0.25, 0.3) is 0 Å². The number of nitrogens with two attached hydrogens (primary N) is 1. The van der Waals surface area contributed by atoms with Gasteiger partial charge < -0.3 is 15.7 Å². The van der Waals surface area contributed by atoms with Crippen molar-refractivity contribution >= 4 is 27.5 Å². The number of hydrogen-bond acceptors (Lipinski definition) is 3. The van der Waals surface area contributed by atoms with E-state index in [1.165, 1.54) is 0 Å². The summed E-state index contributed by atoms with van der Waals surface area (Å²) in [7, 11) is 0. The molecule has 1 amide bonds. The Morgan fingerprint density at radius 3 is 2.89 bits per heavy atom. The van der Waals surface area contributed by atoms with Crippen molar-refractivity contribution in [3.63, 3.8) is 0 Å². The van der Waals surface area contributed by atoms with E-state index in [1.807, 2.05) is 0 Å². The third-order valence-electron chi connectivity index (χ3n) is 3.44. The lowest BCUT2D eigenvalue weighted by Gasteiger charge is -2.18. The smallest absolute Gasteiger partial charge is 0.253 e. The van der Waals surface area contributed by atoms with Gasteiger partial charge in [-0.1, -0.05) is 0 Å². The van der Waals surface area contributed by atoms with Gasteiger partial charge in [-0.3, -0.25) is 4.79 Å². The fourth-order valence-corrected chi connectivity index (χ4v) is 2.47. The lowest BCUT2D eigenvalue weighted by Crippen LogP contribution is -2.30. The summed E-state index contributed by atoms with van der Waals surface area (Å²) in [4.78, 5) is 14.0. The van der Waals surface area contributed by atoms with Crippen molar-refractivity contribution in [2.45, 2.75) is 19.4 Å². The van der Waals surface area contributed by atoms with Crippen LogP contribution in [0.4, 0.5) is 5.69 Å². The van der Waals surface area contributed by atoms with Gasteiger partial charge in [-0.05, 0) is 47.5 Å². The SMILES string of the molecule is CC(O)C1CCN(C(=O)c2ccc(Br)c(N)c2)C1. The Labute approximate surface area is 115 Å². The Morgan fingerprint density at radius 1 is 1.61 bits per heavy atom. The van der Waals surface area contributed by atoms with Crippen LogP contribution in [-0.4, -0.2) is 35.1 Å². The van der Waals surface area contributed by atoms with Gasteiger partial charge in [-0.15, -0.1) is 0 Å².